The molecule has 0 aliphatic rings. The number of anilines is 2. The Morgan fingerprint density at radius 2 is 2.11 bits per heavy atom. The Kier molecular flexibility index (Phi) is 6.25. The molecule has 6 heteroatoms. The standard InChI is InChI=1S/C12H24N4S2/c1-8(2)6-9(7-16(3)4)14-12-10(17-5)11(13)15-18-12/h8-9,14H,6-7H2,1-5H3,(H2,13,15). The third-order valence-corrected chi connectivity index (χ3v) is 4.30. The predicted molar refractivity (Wildman–Crippen MR) is 83.7 cm³/mol. The molecule has 1 atom stereocenters. The highest BCUT2D eigenvalue weighted by molar-refractivity contribution is 7.99. The van der Waals surface area contributed by atoms with Crippen LogP contribution in [0.15, 0.2) is 4.90 Å². The molecule has 0 saturated heterocycles. The van der Waals surface area contributed by atoms with E-state index in [0.29, 0.717) is 17.8 Å². The van der Waals surface area contributed by atoms with Crippen LogP contribution in [-0.4, -0.2) is 42.2 Å². The van der Waals surface area contributed by atoms with E-state index in [4.69, 9.17) is 5.73 Å². The molecular formula is C12H24N4S2. The fraction of sp³-hybridized carbons (Fsp3) is 0.750. The highest BCUT2D eigenvalue weighted by Gasteiger charge is 2.17. The first-order chi connectivity index (χ1) is 8.43. The molecule has 1 aromatic heterocycles. The second-order valence-electron chi connectivity index (χ2n) is 5.16. The summed E-state index contributed by atoms with van der Waals surface area (Å²) >= 11 is 3.11. The van der Waals surface area contributed by atoms with E-state index in [1.54, 1.807) is 11.8 Å². The zero-order valence-corrected chi connectivity index (χ0v) is 13.5. The maximum absolute atomic E-state index is 5.86. The normalized spacial score (nSPS) is 13.3. The number of hydrogen-bond donors (Lipinski definition) is 2. The van der Waals surface area contributed by atoms with Gasteiger partial charge in [0.1, 0.15) is 5.00 Å². The summed E-state index contributed by atoms with van der Waals surface area (Å²) in [5.41, 5.74) is 5.86. The molecule has 0 aliphatic carbocycles. The monoisotopic (exact) mass is 288 g/mol. The lowest BCUT2D eigenvalue weighted by molar-refractivity contribution is 0.356. The van der Waals surface area contributed by atoms with E-state index >= 15 is 0 Å². The van der Waals surface area contributed by atoms with Crippen LogP contribution in [0.1, 0.15) is 20.3 Å². The van der Waals surface area contributed by atoms with Gasteiger partial charge in [-0.15, -0.1) is 11.8 Å². The van der Waals surface area contributed by atoms with Gasteiger partial charge in [-0.2, -0.15) is 4.37 Å². The van der Waals surface area contributed by atoms with Crippen LogP contribution in [0.3, 0.4) is 0 Å². The van der Waals surface area contributed by atoms with Crippen molar-refractivity contribution in [2.24, 2.45) is 5.92 Å². The van der Waals surface area contributed by atoms with Gasteiger partial charge in [-0.25, -0.2) is 0 Å². The van der Waals surface area contributed by atoms with E-state index in [9.17, 15) is 0 Å². The zero-order valence-electron chi connectivity index (χ0n) is 11.9. The van der Waals surface area contributed by atoms with Gasteiger partial charge in [-0.05, 0) is 44.2 Å². The topological polar surface area (TPSA) is 54.2 Å². The van der Waals surface area contributed by atoms with Gasteiger partial charge in [-0.3, -0.25) is 0 Å². The number of nitrogens with two attached hydrogens (primary N) is 1. The minimum absolute atomic E-state index is 0.436. The predicted octanol–water partition coefficient (Wildman–Crippen LogP) is 2.84. The van der Waals surface area contributed by atoms with Crippen LogP contribution in [0.5, 0.6) is 0 Å². The summed E-state index contributed by atoms with van der Waals surface area (Å²) in [5.74, 6) is 1.31. The van der Waals surface area contributed by atoms with Crippen molar-refractivity contribution < 1.29 is 0 Å². The van der Waals surface area contributed by atoms with Crippen LogP contribution in [0.25, 0.3) is 0 Å². The fourth-order valence-corrected chi connectivity index (χ4v) is 3.56. The average Bonchev–Trinajstić information content (AvgIpc) is 2.57. The van der Waals surface area contributed by atoms with Crippen LogP contribution >= 0.6 is 23.3 Å². The van der Waals surface area contributed by atoms with E-state index in [1.807, 2.05) is 6.26 Å². The first-order valence-electron chi connectivity index (χ1n) is 6.14. The molecule has 0 fully saturated rings. The molecular weight excluding hydrogens is 264 g/mol. The van der Waals surface area contributed by atoms with E-state index in [1.165, 1.54) is 11.5 Å². The lowest BCUT2D eigenvalue weighted by Gasteiger charge is -2.24. The largest absolute Gasteiger partial charge is 0.382 e. The molecule has 1 heterocycles. The van der Waals surface area contributed by atoms with Gasteiger partial charge in [0.05, 0.1) is 4.90 Å². The van der Waals surface area contributed by atoms with E-state index in [0.717, 1.165) is 22.9 Å². The SMILES string of the molecule is CSc1c(N)nsc1NC(CC(C)C)CN(C)C. The third kappa shape index (κ3) is 4.66. The molecule has 0 aliphatic heterocycles. The van der Waals surface area contributed by atoms with E-state index in [-0.39, 0.29) is 0 Å². The Labute approximate surface area is 118 Å². The van der Waals surface area contributed by atoms with Crippen LogP contribution in [0, 0.1) is 5.92 Å². The molecule has 0 spiro atoms. The molecule has 0 bridgehead atoms. The minimum atomic E-state index is 0.436. The fourth-order valence-electron chi connectivity index (χ4n) is 1.96. The number of nitrogen functional groups attached to an aromatic ring is 1. The van der Waals surface area contributed by atoms with Crippen molar-refractivity contribution in [3.8, 4) is 0 Å². The molecule has 0 amide bonds. The van der Waals surface area contributed by atoms with Gasteiger partial charge in [0.2, 0.25) is 0 Å². The van der Waals surface area contributed by atoms with Crippen LogP contribution in [0.4, 0.5) is 10.8 Å². The van der Waals surface area contributed by atoms with Crippen molar-refractivity contribution in [2.45, 2.75) is 31.2 Å². The summed E-state index contributed by atoms with van der Waals surface area (Å²) in [7, 11) is 4.21. The molecule has 0 saturated carbocycles. The summed E-state index contributed by atoms with van der Waals surface area (Å²) in [4.78, 5) is 3.29. The number of nitrogens with zero attached hydrogens (tertiary/aromatic N) is 2. The van der Waals surface area contributed by atoms with Crippen molar-refractivity contribution in [3.05, 3.63) is 0 Å². The van der Waals surface area contributed by atoms with Crippen molar-refractivity contribution in [1.29, 1.82) is 0 Å². The summed E-state index contributed by atoms with van der Waals surface area (Å²) in [6, 6.07) is 0.436. The lowest BCUT2D eigenvalue weighted by Crippen LogP contribution is -2.33. The molecule has 18 heavy (non-hydrogen) atoms. The van der Waals surface area contributed by atoms with E-state index < -0.39 is 0 Å². The smallest absolute Gasteiger partial charge is 0.153 e. The Morgan fingerprint density at radius 3 is 2.61 bits per heavy atom. The first kappa shape index (κ1) is 15.6. The third-order valence-electron chi connectivity index (χ3n) is 2.55. The quantitative estimate of drug-likeness (QED) is 0.756. The van der Waals surface area contributed by atoms with Crippen molar-refractivity contribution >= 4 is 34.1 Å². The van der Waals surface area contributed by atoms with Gasteiger partial charge < -0.3 is 16.0 Å². The maximum atomic E-state index is 5.86. The van der Waals surface area contributed by atoms with Gasteiger partial charge >= 0.3 is 0 Å². The maximum Gasteiger partial charge on any atom is 0.153 e. The van der Waals surface area contributed by atoms with Crippen molar-refractivity contribution in [2.75, 3.05) is 37.9 Å². The Morgan fingerprint density at radius 1 is 1.44 bits per heavy atom. The van der Waals surface area contributed by atoms with Crippen LogP contribution in [-0.2, 0) is 0 Å². The molecule has 3 N–H and O–H groups in total. The highest BCUT2D eigenvalue weighted by atomic mass is 32.2. The van der Waals surface area contributed by atoms with Gasteiger partial charge in [-0.1, -0.05) is 13.8 Å². The highest BCUT2D eigenvalue weighted by Crippen LogP contribution is 2.35. The number of rotatable bonds is 7. The van der Waals surface area contributed by atoms with Crippen molar-refractivity contribution in [3.63, 3.8) is 0 Å². The number of likely N-dealkylation sites (N-methyl/N-ethyl adjacent to an activating group) is 1. The van der Waals surface area contributed by atoms with Gasteiger partial charge in [0.15, 0.2) is 5.82 Å². The summed E-state index contributed by atoms with van der Waals surface area (Å²) in [6.07, 6.45) is 3.18. The molecule has 1 unspecified atom stereocenters. The van der Waals surface area contributed by atoms with Gasteiger partial charge in [0.25, 0.3) is 0 Å². The average molecular weight is 288 g/mol. The van der Waals surface area contributed by atoms with Crippen molar-refractivity contribution in [1.82, 2.24) is 9.27 Å². The Hall–Kier alpha value is -0.460. The lowest BCUT2D eigenvalue weighted by atomic mass is 10.0. The Balaban J connectivity index is 2.75. The molecule has 1 aromatic rings. The Bertz CT molecular complexity index is 353. The number of hydrogen-bond acceptors (Lipinski definition) is 6. The summed E-state index contributed by atoms with van der Waals surface area (Å²) < 4.78 is 4.22. The van der Waals surface area contributed by atoms with Gasteiger partial charge in [0, 0.05) is 12.6 Å². The first-order valence-corrected chi connectivity index (χ1v) is 8.14. The molecule has 104 valence electrons. The summed E-state index contributed by atoms with van der Waals surface area (Å²) in [6.45, 7) is 5.52. The van der Waals surface area contributed by atoms with Crippen LogP contribution < -0.4 is 11.1 Å². The van der Waals surface area contributed by atoms with E-state index in [2.05, 4.69) is 42.5 Å². The molecule has 0 aromatic carbocycles. The molecule has 0 radical (unpaired) electrons. The zero-order chi connectivity index (χ0) is 13.7. The summed E-state index contributed by atoms with van der Waals surface area (Å²) in [5, 5.41) is 4.70. The molecule has 4 nitrogen and oxygen atoms in total. The molecule has 1 rings (SSSR count). The second kappa shape index (κ2) is 7.21. The number of aromatic nitrogens is 1. The van der Waals surface area contributed by atoms with Crippen LogP contribution in [0.2, 0.25) is 0 Å². The second-order valence-corrected chi connectivity index (χ2v) is 6.75. The number of nitrogens with one attached hydrogen (secondary N) is 1. The number of thioether (sulfide) groups is 1. The minimum Gasteiger partial charge on any atom is -0.382 e.